The van der Waals surface area contributed by atoms with Crippen molar-refractivity contribution in [2.75, 3.05) is 27.2 Å². The maximum atomic E-state index is 11.7. The van der Waals surface area contributed by atoms with Gasteiger partial charge in [-0.1, -0.05) is 32.6 Å². The van der Waals surface area contributed by atoms with Crippen molar-refractivity contribution in [2.24, 2.45) is 11.8 Å². The normalized spacial score (nSPS) is 29.3. The zero-order valence-corrected chi connectivity index (χ0v) is 19.4. The smallest absolute Gasteiger partial charge is 0.305 e. The molecule has 6 nitrogen and oxygen atoms in total. The quantitative estimate of drug-likeness (QED) is 0.307. The van der Waals surface area contributed by atoms with Crippen molar-refractivity contribution < 1.29 is 24.5 Å². The number of fused-ring (bicyclic) bond motifs is 1. The Morgan fingerprint density at radius 1 is 1.13 bits per heavy atom. The molecule has 0 amide bonds. The summed E-state index contributed by atoms with van der Waals surface area (Å²) in [5, 5.41) is 20.7. The molecule has 1 heterocycles. The van der Waals surface area contributed by atoms with E-state index in [2.05, 4.69) is 6.92 Å². The molecule has 6 atom stereocenters. The van der Waals surface area contributed by atoms with Gasteiger partial charge in [0.2, 0.25) is 0 Å². The first kappa shape index (κ1) is 25.6. The average molecular weight is 428 g/mol. The molecule has 30 heavy (non-hydrogen) atoms. The summed E-state index contributed by atoms with van der Waals surface area (Å²) < 4.78 is 11.5. The lowest BCUT2D eigenvalue weighted by atomic mass is 9.85. The molecule has 2 aliphatic rings. The molecule has 0 bridgehead atoms. The number of aliphatic hydroxyl groups is 2. The fraction of sp³-hybridized carbons (Fsp3) is 0.958. The van der Waals surface area contributed by atoms with Gasteiger partial charge in [0.15, 0.2) is 0 Å². The number of esters is 1. The number of carbonyl (C=O) groups excluding carboxylic acids is 1. The Balaban J connectivity index is 1.61. The zero-order valence-electron chi connectivity index (χ0n) is 19.4. The molecule has 0 radical (unpaired) electrons. The van der Waals surface area contributed by atoms with E-state index >= 15 is 0 Å². The molecular formula is C24H45NO5. The largest absolute Gasteiger partial charge is 0.464 e. The van der Waals surface area contributed by atoms with Crippen molar-refractivity contribution in [1.29, 1.82) is 0 Å². The van der Waals surface area contributed by atoms with E-state index in [1.54, 1.807) is 0 Å². The van der Waals surface area contributed by atoms with Crippen molar-refractivity contribution in [3.05, 3.63) is 0 Å². The number of aliphatic hydroxyl groups excluding tert-OH is 2. The van der Waals surface area contributed by atoms with E-state index < -0.39 is 0 Å². The zero-order chi connectivity index (χ0) is 21.9. The van der Waals surface area contributed by atoms with Crippen molar-refractivity contribution in [3.8, 4) is 0 Å². The van der Waals surface area contributed by atoms with Crippen LogP contribution in [0.15, 0.2) is 0 Å². The molecular weight excluding hydrogens is 382 g/mol. The van der Waals surface area contributed by atoms with Crippen LogP contribution in [0.5, 0.6) is 0 Å². The van der Waals surface area contributed by atoms with Crippen molar-refractivity contribution >= 4 is 5.97 Å². The van der Waals surface area contributed by atoms with Gasteiger partial charge in [-0.15, -0.1) is 0 Å². The van der Waals surface area contributed by atoms with Gasteiger partial charge in [0, 0.05) is 19.4 Å². The standard InChI is InChI=1S/C24H45NO5/c1-4-5-6-9-18(26)12-13-20-21-16-19(30-23(21)17-22(20)27)10-7-8-11-24(28)29-15-14-25(2)3/h18-23,26-27H,4-17H2,1-3H3/t18-,19?,20?,21+,22+,23-/m0/s1. The fourth-order valence-corrected chi connectivity index (χ4v) is 5.05. The second-order valence-corrected chi connectivity index (χ2v) is 9.66. The first-order valence-corrected chi connectivity index (χ1v) is 12.2. The Morgan fingerprint density at radius 3 is 2.67 bits per heavy atom. The van der Waals surface area contributed by atoms with Gasteiger partial charge in [0.25, 0.3) is 0 Å². The summed E-state index contributed by atoms with van der Waals surface area (Å²) in [6, 6.07) is 0. The second-order valence-electron chi connectivity index (χ2n) is 9.66. The highest BCUT2D eigenvalue weighted by molar-refractivity contribution is 5.69. The number of nitrogens with zero attached hydrogens (tertiary/aromatic N) is 1. The van der Waals surface area contributed by atoms with Crippen LogP contribution >= 0.6 is 0 Å². The van der Waals surface area contributed by atoms with Crippen LogP contribution in [0.4, 0.5) is 0 Å². The van der Waals surface area contributed by atoms with E-state index in [1.807, 2.05) is 19.0 Å². The van der Waals surface area contributed by atoms with Gasteiger partial charge in [0.05, 0.1) is 24.4 Å². The van der Waals surface area contributed by atoms with Crippen LogP contribution in [-0.2, 0) is 14.3 Å². The van der Waals surface area contributed by atoms with Crippen LogP contribution in [0, 0.1) is 11.8 Å². The van der Waals surface area contributed by atoms with Gasteiger partial charge in [-0.2, -0.15) is 0 Å². The van der Waals surface area contributed by atoms with E-state index in [0.717, 1.165) is 64.3 Å². The summed E-state index contributed by atoms with van der Waals surface area (Å²) in [5.74, 6) is 0.568. The Hall–Kier alpha value is -0.690. The molecule has 176 valence electrons. The molecule has 0 aromatic heterocycles. The maximum Gasteiger partial charge on any atom is 0.305 e. The summed E-state index contributed by atoms with van der Waals surface area (Å²) in [4.78, 5) is 13.7. The van der Waals surface area contributed by atoms with Crippen LogP contribution < -0.4 is 0 Å². The van der Waals surface area contributed by atoms with Crippen LogP contribution in [0.2, 0.25) is 0 Å². The Labute approximate surface area is 183 Å². The van der Waals surface area contributed by atoms with Gasteiger partial charge in [0.1, 0.15) is 6.61 Å². The predicted molar refractivity (Wildman–Crippen MR) is 118 cm³/mol. The van der Waals surface area contributed by atoms with Crippen LogP contribution in [0.1, 0.15) is 84.0 Å². The third-order valence-electron chi connectivity index (χ3n) is 6.83. The SMILES string of the molecule is CCCCC[C@H](O)CCC1[C@H](O)C[C@@H]2OC(CCCCC(=O)OCCN(C)C)C[C@H]12. The van der Waals surface area contributed by atoms with E-state index in [9.17, 15) is 15.0 Å². The van der Waals surface area contributed by atoms with Crippen LogP contribution in [-0.4, -0.2) is 72.7 Å². The van der Waals surface area contributed by atoms with Crippen molar-refractivity contribution in [3.63, 3.8) is 0 Å². The number of unbranched alkanes of at least 4 members (excludes halogenated alkanes) is 3. The first-order valence-electron chi connectivity index (χ1n) is 12.2. The highest BCUT2D eigenvalue weighted by atomic mass is 16.5. The van der Waals surface area contributed by atoms with Gasteiger partial charge >= 0.3 is 5.97 Å². The number of likely N-dealkylation sites (N-methyl/N-ethyl adjacent to an activating group) is 1. The molecule has 1 aliphatic carbocycles. The molecule has 1 saturated carbocycles. The molecule has 2 rings (SSSR count). The highest BCUT2D eigenvalue weighted by Gasteiger charge is 2.48. The highest BCUT2D eigenvalue weighted by Crippen LogP contribution is 2.46. The predicted octanol–water partition coefficient (Wildman–Crippen LogP) is 3.53. The number of hydrogen-bond donors (Lipinski definition) is 2. The molecule has 2 N–H and O–H groups in total. The van der Waals surface area contributed by atoms with Crippen LogP contribution in [0.3, 0.4) is 0 Å². The second kappa shape index (κ2) is 13.7. The molecule has 0 aromatic rings. The number of rotatable bonds is 15. The Bertz CT molecular complexity index is 486. The van der Waals surface area contributed by atoms with Gasteiger partial charge in [-0.3, -0.25) is 4.79 Å². The van der Waals surface area contributed by atoms with Gasteiger partial charge < -0.3 is 24.6 Å². The summed E-state index contributed by atoms with van der Waals surface area (Å²) in [6.45, 7) is 3.39. The van der Waals surface area contributed by atoms with E-state index in [0.29, 0.717) is 18.9 Å². The summed E-state index contributed by atoms with van der Waals surface area (Å²) in [7, 11) is 3.92. The average Bonchev–Trinajstić information content (AvgIpc) is 3.20. The first-order chi connectivity index (χ1) is 14.4. The van der Waals surface area contributed by atoms with Crippen LogP contribution in [0.25, 0.3) is 0 Å². The number of ether oxygens (including phenoxy) is 2. The third kappa shape index (κ3) is 8.81. The lowest BCUT2D eigenvalue weighted by Crippen LogP contribution is -2.22. The number of hydrogen-bond acceptors (Lipinski definition) is 6. The Morgan fingerprint density at radius 2 is 1.93 bits per heavy atom. The third-order valence-corrected chi connectivity index (χ3v) is 6.83. The minimum Gasteiger partial charge on any atom is -0.464 e. The Kier molecular flexibility index (Phi) is 11.6. The number of carbonyl (C=O) groups is 1. The van der Waals surface area contributed by atoms with Gasteiger partial charge in [-0.05, 0) is 64.5 Å². The summed E-state index contributed by atoms with van der Waals surface area (Å²) in [5.41, 5.74) is 0. The summed E-state index contributed by atoms with van der Waals surface area (Å²) >= 11 is 0. The van der Waals surface area contributed by atoms with E-state index in [1.165, 1.54) is 12.8 Å². The molecule has 2 fully saturated rings. The topological polar surface area (TPSA) is 79.2 Å². The molecule has 0 spiro atoms. The maximum absolute atomic E-state index is 11.7. The van der Waals surface area contributed by atoms with Crippen molar-refractivity contribution in [1.82, 2.24) is 4.90 Å². The molecule has 0 aromatic carbocycles. The van der Waals surface area contributed by atoms with E-state index in [4.69, 9.17) is 9.47 Å². The minimum absolute atomic E-state index is 0.109. The fourth-order valence-electron chi connectivity index (χ4n) is 5.05. The lowest BCUT2D eigenvalue weighted by molar-refractivity contribution is -0.144. The monoisotopic (exact) mass is 427 g/mol. The summed E-state index contributed by atoms with van der Waals surface area (Å²) in [6.07, 6.45) is 10.9. The van der Waals surface area contributed by atoms with Gasteiger partial charge in [-0.25, -0.2) is 0 Å². The molecule has 2 unspecified atom stereocenters. The minimum atomic E-state index is -0.291. The lowest BCUT2D eigenvalue weighted by Gasteiger charge is -2.22. The van der Waals surface area contributed by atoms with Crippen molar-refractivity contribution in [2.45, 2.75) is 108 Å². The molecule has 6 heteroatoms. The molecule has 1 aliphatic heterocycles. The molecule has 1 saturated heterocycles. The van der Waals surface area contributed by atoms with E-state index in [-0.39, 0.29) is 36.3 Å².